The number of benzene rings is 2. The van der Waals surface area contributed by atoms with E-state index in [9.17, 15) is 9.59 Å². The van der Waals surface area contributed by atoms with Gasteiger partial charge in [-0.05, 0) is 126 Å². The number of carbonyl (C=O) groups excluding carboxylic acids is 2. The molecule has 0 amide bonds. The maximum atomic E-state index is 14.2. The van der Waals surface area contributed by atoms with Crippen LogP contribution in [-0.2, 0) is 32.3 Å². The molecule has 0 saturated heterocycles. The van der Waals surface area contributed by atoms with E-state index in [0.29, 0.717) is 24.2 Å². The van der Waals surface area contributed by atoms with E-state index in [2.05, 4.69) is 48.5 Å². The summed E-state index contributed by atoms with van der Waals surface area (Å²) < 4.78 is 12.0. The summed E-state index contributed by atoms with van der Waals surface area (Å²) in [6.07, 6.45) is 13.0. The fourth-order valence-electron chi connectivity index (χ4n) is 8.36. The van der Waals surface area contributed by atoms with Gasteiger partial charge in [0, 0.05) is 20.5 Å². The van der Waals surface area contributed by atoms with Gasteiger partial charge in [-0.15, -0.1) is 46.4 Å². The number of esters is 2. The molecule has 56 heavy (non-hydrogen) atoms. The van der Waals surface area contributed by atoms with Crippen LogP contribution in [0.5, 0.6) is 0 Å². The average molecular weight is 855 g/mol. The highest BCUT2D eigenvalue weighted by Gasteiger charge is 2.47. The Balaban J connectivity index is 1.75. The number of rotatable bonds is 25. The van der Waals surface area contributed by atoms with E-state index in [1.165, 1.54) is 0 Å². The molecule has 1 aliphatic carbocycles. The van der Waals surface area contributed by atoms with Crippen LogP contribution in [0.15, 0.2) is 60.7 Å². The zero-order valence-corrected chi connectivity index (χ0v) is 38.5. The van der Waals surface area contributed by atoms with Gasteiger partial charge in [0.25, 0.3) is 0 Å². The topological polar surface area (TPSA) is 52.6 Å². The smallest absolute Gasteiger partial charge is 0.310 e. The van der Waals surface area contributed by atoms with Crippen molar-refractivity contribution in [1.29, 1.82) is 0 Å². The standard InChI is InChI=1S/C48H72Cl4O4/c1-34(2)42(49)26-29-48(7,52)28-14-16-35(3)22-24-40-30-39(23-25-43(50)36(4)17-15-27-47(5,6)51)31-41(45(53)55-32-37-18-10-8-11-19-37)44(40)46(54)56-33-38-20-12-9-13-21-38/h8-13,18-21,34-36,39-44H,14-17,22-33H2,1-7H3. The quantitative estimate of drug-likeness (QED) is 0.0737. The molecular formula is C48H72Cl4O4. The van der Waals surface area contributed by atoms with Crippen LogP contribution in [0.25, 0.3) is 0 Å². The number of ether oxygens (including phenoxy) is 2. The van der Waals surface area contributed by atoms with Crippen molar-refractivity contribution < 1.29 is 19.1 Å². The Morgan fingerprint density at radius 3 is 1.82 bits per heavy atom. The van der Waals surface area contributed by atoms with Crippen molar-refractivity contribution in [2.24, 2.45) is 41.4 Å². The molecule has 1 fully saturated rings. The number of carbonyl (C=O) groups is 2. The second-order valence-electron chi connectivity index (χ2n) is 18.4. The van der Waals surface area contributed by atoms with Crippen molar-refractivity contribution in [2.45, 2.75) is 172 Å². The van der Waals surface area contributed by atoms with Crippen LogP contribution in [0.1, 0.15) is 149 Å². The summed E-state index contributed by atoms with van der Waals surface area (Å²) in [6.45, 7) is 15.5. The lowest BCUT2D eigenvalue weighted by Gasteiger charge is -2.40. The fraction of sp³-hybridized carbons (Fsp3) is 0.708. The Morgan fingerprint density at radius 2 is 1.25 bits per heavy atom. The predicted molar refractivity (Wildman–Crippen MR) is 238 cm³/mol. The molecule has 2 aromatic rings. The van der Waals surface area contributed by atoms with Crippen LogP contribution >= 0.6 is 46.4 Å². The first-order valence-corrected chi connectivity index (χ1v) is 23.1. The third-order valence-electron chi connectivity index (χ3n) is 12.2. The zero-order valence-electron chi connectivity index (χ0n) is 35.4. The molecule has 0 spiro atoms. The van der Waals surface area contributed by atoms with E-state index in [4.69, 9.17) is 55.9 Å². The minimum absolute atomic E-state index is 0.000815. The molecule has 0 N–H and O–H groups in total. The molecule has 4 nitrogen and oxygen atoms in total. The van der Waals surface area contributed by atoms with Crippen LogP contribution < -0.4 is 0 Å². The second-order valence-corrected chi connectivity index (χ2v) is 21.4. The molecule has 8 heteroatoms. The Labute approximate surface area is 360 Å². The average Bonchev–Trinajstić information content (AvgIpc) is 3.16. The minimum Gasteiger partial charge on any atom is -0.461 e. The van der Waals surface area contributed by atoms with E-state index in [-0.39, 0.29) is 57.5 Å². The van der Waals surface area contributed by atoms with Gasteiger partial charge in [0.1, 0.15) is 13.2 Å². The molecule has 0 heterocycles. The van der Waals surface area contributed by atoms with Crippen molar-refractivity contribution in [1.82, 2.24) is 0 Å². The first kappa shape index (κ1) is 48.9. The largest absolute Gasteiger partial charge is 0.461 e. The first-order chi connectivity index (χ1) is 26.4. The second kappa shape index (κ2) is 24.6. The maximum Gasteiger partial charge on any atom is 0.310 e. The monoisotopic (exact) mass is 852 g/mol. The normalized spacial score (nSPS) is 22.1. The summed E-state index contributed by atoms with van der Waals surface area (Å²) in [5.74, 6) is -0.234. The van der Waals surface area contributed by atoms with Gasteiger partial charge in [-0.1, -0.05) is 114 Å². The zero-order chi connectivity index (χ0) is 41.3. The summed E-state index contributed by atoms with van der Waals surface area (Å²) in [7, 11) is 0. The highest BCUT2D eigenvalue weighted by atomic mass is 35.5. The van der Waals surface area contributed by atoms with Gasteiger partial charge in [0.15, 0.2) is 0 Å². The van der Waals surface area contributed by atoms with E-state index in [0.717, 1.165) is 94.6 Å². The number of halogens is 4. The van der Waals surface area contributed by atoms with Crippen LogP contribution in [0.4, 0.5) is 0 Å². The van der Waals surface area contributed by atoms with Crippen molar-refractivity contribution >= 4 is 58.3 Å². The van der Waals surface area contributed by atoms with Crippen molar-refractivity contribution in [3.63, 3.8) is 0 Å². The Morgan fingerprint density at radius 1 is 0.679 bits per heavy atom. The SMILES string of the molecule is CC(CCCC(C)(Cl)CCC(Cl)C(C)C)CCC1CC(CCC(Cl)C(C)CCCC(C)(C)Cl)CC(C(=O)OCc2ccccc2)C1C(=O)OCc1ccccc1. The van der Waals surface area contributed by atoms with Gasteiger partial charge in [0.05, 0.1) is 11.8 Å². The number of hydrogen-bond acceptors (Lipinski definition) is 4. The Bertz CT molecular complexity index is 1390. The molecule has 3 rings (SSSR count). The molecule has 0 radical (unpaired) electrons. The lowest BCUT2D eigenvalue weighted by molar-refractivity contribution is -0.169. The third-order valence-corrected chi connectivity index (χ3v) is 14.1. The summed E-state index contributed by atoms with van der Waals surface area (Å²) in [5, 5.41) is 0.183. The van der Waals surface area contributed by atoms with Crippen LogP contribution in [0.2, 0.25) is 0 Å². The minimum atomic E-state index is -0.577. The number of alkyl halides is 4. The molecule has 9 unspecified atom stereocenters. The van der Waals surface area contributed by atoms with Gasteiger partial charge >= 0.3 is 11.9 Å². The predicted octanol–water partition coefficient (Wildman–Crippen LogP) is 14.6. The van der Waals surface area contributed by atoms with Crippen molar-refractivity contribution in [2.75, 3.05) is 0 Å². The molecule has 0 aromatic heterocycles. The molecule has 1 saturated carbocycles. The first-order valence-electron chi connectivity index (χ1n) is 21.5. The van der Waals surface area contributed by atoms with E-state index >= 15 is 0 Å². The van der Waals surface area contributed by atoms with Gasteiger partial charge < -0.3 is 9.47 Å². The van der Waals surface area contributed by atoms with Gasteiger partial charge in [-0.2, -0.15) is 0 Å². The fourth-order valence-corrected chi connectivity index (χ4v) is 9.10. The Kier molecular flexibility index (Phi) is 21.5. The molecule has 9 atom stereocenters. The highest BCUT2D eigenvalue weighted by Crippen LogP contribution is 2.45. The van der Waals surface area contributed by atoms with Gasteiger partial charge in [-0.3, -0.25) is 9.59 Å². The van der Waals surface area contributed by atoms with E-state index in [1.54, 1.807) is 0 Å². The van der Waals surface area contributed by atoms with Gasteiger partial charge in [-0.25, -0.2) is 0 Å². The molecule has 0 bridgehead atoms. The van der Waals surface area contributed by atoms with Crippen LogP contribution in [-0.4, -0.2) is 32.4 Å². The highest BCUT2D eigenvalue weighted by molar-refractivity contribution is 6.24. The molecular weight excluding hydrogens is 782 g/mol. The molecule has 0 aliphatic heterocycles. The lowest BCUT2D eigenvalue weighted by Crippen LogP contribution is -2.43. The van der Waals surface area contributed by atoms with E-state index < -0.39 is 11.8 Å². The van der Waals surface area contributed by atoms with Crippen molar-refractivity contribution in [3.8, 4) is 0 Å². The summed E-state index contributed by atoms with van der Waals surface area (Å²) in [6, 6.07) is 19.5. The van der Waals surface area contributed by atoms with Gasteiger partial charge in [0.2, 0.25) is 0 Å². The molecule has 1 aliphatic rings. The Hall–Kier alpha value is -1.46. The lowest BCUT2D eigenvalue weighted by atomic mass is 9.64. The summed E-state index contributed by atoms with van der Waals surface area (Å²) >= 11 is 27.0. The maximum absolute atomic E-state index is 14.2. The molecule has 316 valence electrons. The van der Waals surface area contributed by atoms with Crippen LogP contribution in [0.3, 0.4) is 0 Å². The molecule has 2 aromatic carbocycles. The number of hydrogen-bond donors (Lipinski definition) is 0. The summed E-state index contributed by atoms with van der Waals surface area (Å²) in [5.41, 5.74) is 1.85. The third kappa shape index (κ3) is 18.6. The van der Waals surface area contributed by atoms with Crippen molar-refractivity contribution in [3.05, 3.63) is 71.8 Å². The summed E-state index contributed by atoms with van der Waals surface area (Å²) in [4.78, 5) is 27.8. The van der Waals surface area contributed by atoms with Crippen LogP contribution in [0, 0.1) is 41.4 Å². The van der Waals surface area contributed by atoms with E-state index in [1.807, 2.05) is 60.7 Å².